The maximum absolute atomic E-state index is 5.83. The van der Waals surface area contributed by atoms with Crippen molar-refractivity contribution in [3.8, 4) is 0 Å². The smallest absolute Gasteiger partial charge is 0.529 e. The minimum absolute atomic E-state index is 0.0307. The molecule has 0 radical (unpaired) electrons. The van der Waals surface area contributed by atoms with E-state index in [-0.39, 0.29) is 7.69 Å². The molecule has 0 amide bonds. The van der Waals surface area contributed by atoms with Crippen molar-refractivity contribution in [3.63, 3.8) is 0 Å². The Morgan fingerprint density at radius 2 is 1.05 bits per heavy atom. The normalized spacial score (nSPS) is 9.81. The number of halogens is 2. The average molecular weight is 319 g/mol. The Bertz CT molecular complexity index is 579. The van der Waals surface area contributed by atoms with Crippen molar-refractivity contribution < 1.29 is 9.31 Å². The van der Waals surface area contributed by atoms with Crippen LogP contribution in [0.5, 0.6) is 0 Å². The van der Waals surface area contributed by atoms with E-state index >= 15 is 0 Å². The molecule has 0 bridgehead atoms. The molecule has 106 valence electrons. The summed E-state index contributed by atoms with van der Waals surface area (Å²) in [6, 6.07) is 14.4. The fraction of sp³-hybridized carbons (Fsp3) is 0. The first kappa shape index (κ1) is 15.6. The number of rotatable bonds is 6. The molecule has 0 heterocycles. The van der Waals surface area contributed by atoms with Gasteiger partial charge < -0.3 is 9.31 Å². The lowest BCUT2D eigenvalue weighted by molar-refractivity contribution is 0.413. The largest absolute Gasteiger partial charge is 0.576 e. The summed E-state index contributed by atoms with van der Waals surface area (Å²) in [6.07, 6.45) is 0. The highest BCUT2D eigenvalue weighted by atomic mass is 35.5. The van der Waals surface area contributed by atoms with Crippen LogP contribution in [0.25, 0.3) is 11.5 Å². The standard InChI is InChI=1S/C16H13BCl2O2/c1-11(13-3-7-15(18)8-4-13)20-17-21-12(2)14-5-9-16(19)10-6-14/h3-10,17H,1-2H2. The summed E-state index contributed by atoms with van der Waals surface area (Å²) in [4.78, 5) is 0. The lowest BCUT2D eigenvalue weighted by Crippen LogP contribution is -2.03. The van der Waals surface area contributed by atoms with E-state index in [1.54, 1.807) is 24.3 Å². The third kappa shape index (κ3) is 4.59. The van der Waals surface area contributed by atoms with Crippen molar-refractivity contribution >= 4 is 42.4 Å². The first-order valence-electron chi connectivity index (χ1n) is 6.21. The van der Waals surface area contributed by atoms with Crippen LogP contribution in [0.2, 0.25) is 10.0 Å². The Hall–Kier alpha value is -1.84. The molecule has 2 rings (SSSR count). The summed E-state index contributed by atoms with van der Waals surface area (Å²) in [6.45, 7) is 7.69. The molecule has 0 fully saturated rings. The minimum atomic E-state index is 0.0307. The van der Waals surface area contributed by atoms with Gasteiger partial charge in [-0.25, -0.2) is 0 Å². The zero-order chi connectivity index (χ0) is 15.2. The van der Waals surface area contributed by atoms with Crippen LogP contribution in [0, 0.1) is 0 Å². The fourth-order valence-electron chi connectivity index (χ4n) is 1.61. The molecule has 0 N–H and O–H groups in total. The second-order valence-electron chi connectivity index (χ2n) is 4.27. The van der Waals surface area contributed by atoms with E-state index in [4.69, 9.17) is 32.5 Å². The highest BCUT2D eigenvalue weighted by Gasteiger charge is 2.05. The van der Waals surface area contributed by atoms with Crippen LogP contribution in [0.3, 0.4) is 0 Å². The second-order valence-corrected chi connectivity index (χ2v) is 5.14. The molecule has 0 aliphatic carbocycles. The molecule has 2 aromatic carbocycles. The van der Waals surface area contributed by atoms with Crippen molar-refractivity contribution in [2.75, 3.05) is 0 Å². The van der Waals surface area contributed by atoms with Gasteiger partial charge in [0.2, 0.25) is 0 Å². The monoisotopic (exact) mass is 318 g/mol. The fourth-order valence-corrected chi connectivity index (χ4v) is 1.86. The van der Waals surface area contributed by atoms with Crippen molar-refractivity contribution in [2.45, 2.75) is 0 Å². The maximum Gasteiger partial charge on any atom is 0.576 e. The highest BCUT2D eigenvalue weighted by Crippen LogP contribution is 2.19. The van der Waals surface area contributed by atoms with E-state index < -0.39 is 0 Å². The predicted molar refractivity (Wildman–Crippen MR) is 90.3 cm³/mol. The van der Waals surface area contributed by atoms with E-state index in [1.165, 1.54) is 0 Å². The Morgan fingerprint density at radius 3 is 1.38 bits per heavy atom. The zero-order valence-electron chi connectivity index (χ0n) is 11.3. The van der Waals surface area contributed by atoms with Gasteiger partial charge in [-0.3, -0.25) is 0 Å². The van der Waals surface area contributed by atoms with Gasteiger partial charge in [0.15, 0.2) is 0 Å². The lowest BCUT2D eigenvalue weighted by atomic mass is 10.2. The molecule has 0 saturated heterocycles. The van der Waals surface area contributed by atoms with Crippen LogP contribution < -0.4 is 0 Å². The first-order chi connectivity index (χ1) is 10.1. The molecule has 0 spiro atoms. The molecule has 21 heavy (non-hydrogen) atoms. The van der Waals surface area contributed by atoms with Crippen LogP contribution in [0.15, 0.2) is 61.7 Å². The quantitative estimate of drug-likeness (QED) is 0.555. The van der Waals surface area contributed by atoms with Gasteiger partial charge in [0, 0.05) is 21.2 Å². The third-order valence-corrected chi connectivity index (χ3v) is 3.30. The molecule has 2 aromatic rings. The Labute approximate surface area is 134 Å². The Balaban J connectivity index is 1.83. The molecule has 0 aliphatic heterocycles. The van der Waals surface area contributed by atoms with E-state index in [0.717, 1.165) is 11.1 Å². The van der Waals surface area contributed by atoms with Gasteiger partial charge in [-0.1, -0.05) is 36.4 Å². The third-order valence-electron chi connectivity index (χ3n) is 2.80. The van der Waals surface area contributed by atoms with Crippen LogP contribution in [-0.2, 0) is 9.31 Å². The summed E-state index contributed by atoms with van der Waals surface area (Å²) in [7, 11) is 0.0307. The molecular formula is C16H13BCl2O2. The first-order valence-corrected chi connectivity index (χ1v) is 6.97. The molecule has 0 saturated carbocycles. The van der Waals surface area contributed by atoms with Crippen molar-refractivity contribution in [3.05, 3.63) is 82.9 Å². The maximum atomic E-state index is 5.83. The summed E-state index contributed by atoms with van der Waals surface area (Å²) in [5, 5.41) is 1.33. The minimum Gasteiger partial charge on any atom is -0.529 e. The van der Waals surface area contributed by atoms with E-state index in [9.17, 15) is 0 Å². The van der Waals surface area contributed by atoms with Gasteiger partial charge in [0.1, 0.15) is 11.5 Å². The van der Waals surface area contributed by atoms with E-state index in [2.05, 4.69) is 13.2 Å². The predicted octanol–water partition coefficient (Wildman–Crippen LogP) is 4.93. The Kier molecular flexibility index (Phi) is 5.37. The van der Waals surface area contributed by atoms with Crippen LogP contribution in [-0.4, -0.2) is 7.69 Å². The summed E-state index contributed by atoms with van der Waals surface area (Å²) >= 11 is 11.7. The SMILES string of the molecule is C=C(OBOC(=C)c1ccc(Cl)cc1)c1ccc(Cl)cc1. The van der Waals surface area contributed by atoms with Gasteiger partial charge in [-0.15, -0.1) is 0 Å². The van der Waals surface area contributed by atoms with Gasteiger partial charge in [-0.2, -0.15) is 0 Å². The number of hydrogen-bond donors (Lipinski definition) is 0. The zero-order valence-corrected chi connectivity index (χ0v) is 12.8. The number of benzene rings is 2. The topological polar surface area (TPSA) is 18.5 Å². The average Bonchev–Trinajstić information content (AvgIpc) is 2.48. The van der Waals surface area contributed by atoms with Crippen LogP contribution in [0.1, 0.15) is 11.1 Å². The van der Waals surface area contributed by atoms with Crippen molar-refractivity contribution in [1.29, 1.82) is 0 Å². The molecule has 0 aromatic heterocycles. The van der Waals surface area contributed by atoms with Crippen molar-refractivity contribution in [1.82, 2.24) is 0 Å². The molecule has 0 unspecified atom stereocenters. The van der Waals surface area contributed by atoms with Crippen LogP contribution >= 0.6 is 23.2 Å². The summed E-state index contributed by atoms with van der Waals surface area (Å²) in [5.41, 5.74) is 1.69. The highest BCUT2D eigenvalue weighted by molar-refractivity contribution is 6.31. The summed E-state index contributed by atoms with van der Waals surface area (Å²) < 4.78 is 10.9. The molecular weight excluding hydrogens is 306 g/mol. The van der Waals surface area contributed by atoms with Crippen molar-refractivity contribution in [2.24, 2.45) is 0 Å². The molecule has 0 atom stereocenters. The van der Waals surface area contributed by atoms with Gasteiger partial charge in [0.05, 0.1) is 0 Å². The van der Waals surface area contributed by atoms with E-state index in [1.807, 2.05) is 24.3 Å². The van der Waals surface area contributed by atoms with Gasteiger partial charge >= 0.3 is 7.69 Å². The molecule has 2 nitrogen and oxygen atoms in total. The van der Waals surface area contributed by atoms with Gasteiger partial charge in [-0.05, 0) is 48.5 Å². The van der Waals surface area contributed by atoms with E-state index in [0.29, 0.717) is 21.6 Å². The van der Waals surface area contributed by atoms with Crippen LogP contribution in [0.4, 0.5) is 0 Å². The Morgan fingerprint density at radius 1 is 0.714 bits per heavy atom. The molecule has 5 heteroatoms. The van der Waals surface area contributed by atoms with Gasteiger partial charge in [0.25, 0.3) is 0 Å². The lowest BCUT2D eigenvalue weighted by Gasteiger charge is -2.11. The second kappa shape index (κ2) is 7.25. The number of hydrogen-bond acceptors (Lipinski definition) is 2. The summed E-state index contributed by atoms with van der Waals surface area (Å²) in [5.74, 6) is 1.02. The molecule has 0 aliphatic rings.